The lowest BCUT2D eigenvalue weighted by atomic mass is 9.34. The fourth-order valence-corrected chi connectivity index (χ4v) is 17.1. The van der Waals surface area contributed by atoms with E-state index in [0.29, 0.717) is 0 Å². The molecule has 0 saturated heterocycles. The first kappa shape index (κ1) is 58.3. The van der Waals surface area contributed by atoms with Crippen LogP contribution in [0.15, 0.2) is 257 Å². The summed E-state index contributed by atoms with van der Waals surface area (Å²) in [5, 5.41) is 4.87. The topological polar surface area (TPSA) is 21.3 Å². The van der Waals surface area contributed by atoms with Gasteiger partial charge >= 0.3 is 0 Å². The Morgan fingerprint density at radius 1 is 0.383 bits per heavy atom. The van der Waals surface area contributed by atoms with Crippen LogP contribution in [-0.4, -0.2) is 11.3 Å². The molecule has 0 amide bonds. The standard InChI is InChI=1S/C89H77BN2OS/c1-86(2,3)58-32-37-63-68(48-58)69-49-59(87(4,5)6)33-38-64(69)81(63)57-46-77-83-80(47-57)94-85-73(40-43-79-82(85)65-30-22-23-31-78(65)93-79)90(83)72-39-36-62(91-74-41-34-60(88(7,8)9)50-70(74)71-51-61(89(10,11)12)35-42-75(71)91)52-76(72)92(77)84-66(54-26-18-14-19-27-54)44-56(53-24-16-13-17-25-53)45-67(84)55-28-20-15-21-29-55/h13-52,81H,1-12H3. The molecule has 12 aromatic carbocycles. The minimum absolute atomic E-state index is 0.0355. The van der Waals surface area contributed by atoms with E-state index in [9.17, 15) is 0 Å². The highest BCUT2D eigenvalue weighted by atomic mass is 32.2. The zero-order chi connectivity index (χ0) is 64.5. The molecule has 0 bridgehead atoms. The fraction of sp³-hybridized carbons (Fsp3) is 0.191. The lowest BCUT2D eigenvalue weighted by Crippen LogP contribution is -2.60. The van der Waals surface area contributed by atoms with Crippen molar-refractivity contribution >= 4 is 95.7 Å². The minimum Gasteiger partial charge on any atom is -0.456 e. The first-order valence-corrected chi connectivity index (χ1v) is 34.4. The maximum atomic E-state index is 6.81. The Hall–Kier alpha value is -9.55. The van der Waals surface area contributed by atoms with Crippen LogP contribution in [0.1, 0.15) is 128 Å². The first-order chi connectivity index (χ1) is 45.1. The molecule has 5 heteroatoms. The van der Waals surface area contributed by atoms with Crippen molar-refractivity contribution in [3.63, 3.8) is 0 Å². The molecule has 458 valence electrons. The zero-order valence-corrected chi connectivity index (χ0v) is 56.8. The molecule has 3 nitrogen and oxygen atoms in total. The van der Waals surface area contributed by atoms with Gasteiger partial charge in [-0.05, 0) is 178 Å². The zero-order valence-electron chi connectivity index (χ0n) is 56.0. The molecule has 0 N–H and O–H groups in total. The van der Waals surface area contributed by atoms with E-state index in [4.69, 9.17) is 4.42 Å². The quantitative estimate of drug-likeness (QED) is 0.155. The van der Waals surface area contributed by atoms with E-state index in [1.54, 1.807) is 0 Å². The summed E-state index contributed by atoms with van der Waals surface area (Å²) in [6.45, 7) is 27.9. The Balaban J connectivity index is 1.03. The number of benzene rings is 12. The van der Waals surface area contributed by atoms with E-state index >= 15 is 0 Å². The number of rotatable bonds is 6. The second kappa shape index (κ2) is 21.0. The average Bonchev–Trinajstić information content (AvgIpc) is 0.914. The van der Waals surface area contributed by atoms with Crippen LogP contribution in [0.3, 0.4) is 0 Å². The molecular weight excluding hydrogens is 1160 g/mol. The fourth-order valence-electron chi connectivity index (χ4n) is 15.7. The van der Waals surface area contributed by atoms with Crippen LogP contribution in [0.2, 0.25) is 0 Å². The van der Waals surface area contributed by atoms with Crippen LogP contribution >= 0.6 is 11.8 Å². The Morgan fingerprint density at radius 3 is 1.44 bits per heavy atom. The number of para-hydroxylation sites is 1. The lowest BCUT2D eigenvalue weighted by molar-refractivity contribution is 0.589. The predicted molar refractivity (Wildman–Crippen MR) is 402 cm³/mol. The van der Waals surface area contributed by atoms with Crippen molar-refractivity contribution in [3.8, 4) is 50.2 Å². The minimum atomic E-state index is -0.133. The van der Waals surface area contributed by atoms with E-state index in [0.717, 1.165) is 55.9 Å². The molecule has 94 heavy (non-hydrogen) atoms. The summed E-state index contributed by atoms with van der Waals surface area (Å²) < 4.78 is 9.37. The third kappa shape index (κ3) is 9.23. The monoisotopic (exact) mass is 1230 g/mol. The molecule has 4 heterocycles. The Labute approximate surface area is 558 Å². The van der Waals surface area contributed by atoms with Gasteiger partial charge in [0.1, 0.15) is 11.2 Å². The van der Waals surface area contributed by atoms with Crippen molar-refractivity contribution in [1.29, 1.82) is 0 Å². The van der Waals surface area contributed by atoms with Gasteiger partial charge < -0.3 is 13.9 Å². The third-order valence-electron chi connectivity index (χ3n) is 20.7. The molecule has 0 radical (unpaired) electrons. The van der Waals surface area contributed by atoms with E-state index in [2.05, 4.69) is 335 Å². The van der Waals surface area contributed by atoms with Gasteiger partial charge in [0.25, 0.3) is 0 Å². The maximum Gasteiger partial charge on any atom is 0.249 e. The number of furan rings is 1. The molecule has 1 aliphatic carbocycles. The normalized spacial score (nSPS) is 13.8. The lowest BCUT2D eigenvalue weighted by Gasteiger charge is -2.42. The van der Waals surface area contributed by atoms with E-state index in [1.807, 2.05) is 11.8 Å². The number of nitrogens with zero attached hydrogens (tertiary/aromatic N) is 2. The third-order valence-corrected chi connectivity index (χ3v) is 21.9. The van der Waals surface area contributed by atoms with Gasteiger partial charge in [-0.1, -0.05) is 270 Å². The number of hydrogen-bond donors (Lipinski definition) is 0. The van der Waals surface area contributed by atoms with Crippen LogP contribution in [-0.2, 0) is 21.7 Å². The molecule has 0 fully saturated rings. The Kier molecular flexibility index (Phi) is 13.0. The molecule has 2 aromatic heterocycles. The van der Waals surface area contributed by atoms with Crippen LogP contribution in [0.4, 0.5) is 17.1 Å². The number of hydrogen-bond acceptors (Lipinski definition) is 3. The van der Waals surface area contributed by atoms with Gasteiger partial charge in [0, 0.05) is 65.4 Å². The van der Waals surface area contributed by atoms with Crippen molar-refractivity contribution in [2.75, 3.05) is 4.90 Å². The molecule has 17 rings (SSSR count). The van der Waals surface area contributed by atoms with E-state index < -0.39 is 0 Å². The van der Waals surface area contributed by atoms with Gasteiger partial charge in [-0.25, -0.2) is 0 Å². The first-order valence-electron chi connectivity index (χ1n) is 33.6. The van der Waals surface area contributed by atoms with Crippen molar-refractivity contribution in [2.24, 2.45) is 0 Å². The van der Waals surface area contributed by atoms with Crippen LogP contribution in [0, 0.1) is 0 Å². The van der Waals surface area contributed by atoms with Gasteiger partial charge in [0.2, 0.25) is 6.71 Å². The summed E-state index contributed by atoms with van der Waals surface area (Å²) in [6, 6.07) is 93.5. The second-order valence-electron chi connectivity index (χ2n) is 30.9. The smallest absolute Gasteiger partial charge is 0.249 e. The summed E-state index contributed by atoms with van der Waals surface area (Å²) in [7, 11) is 0. The van der Waals surface area contributed by atoms with Gasteiger partial charge in [-0.15, -0.1) is 0 Å². The van der Waals surface area contributed by atoms with Gasteiger partial charge in [0.05, 0.1) is 16.7 Å². The summed E-state index contributed by atoms with van der Waals surface area (Å²) >= 11 is 1.94. The molecular formula is C89H77BN2OS. The molecule has 0 spiro atoms. The summed E-state index contributed by atoms with van der Waals surface area (Å²) in [4.78, 5) is 5.27. The highest BCUT2D eigenvalue weighted by Crippen LogP contribution is 2.56. The van der Waals surface area contributed by atoms with Crippen molar-refractivity contribution in [1.82, 2.24) is 4.57 Å². The molecule has 0 unspecified atom stereocenters. The largest absolute Gasteiger partial charge is 0.456 e. The Morgan fingerprint density at radius 2 is 0.883 bits per heavy atom. The summed E-state index contributed by atoms with van der Waals surface area (Å²) in [5.74, 6) is -0.0496. The summed E-state index contributed by atoms with van der Waals surface area (Å²) in [5.41, 5.74) is 31.5. The average molecular weight is 1230 g/mol. The highest BCUT2D eigenvalue weighted by Gasteiger charge is 2.45. The van der Waals surface area contributed by atoms with E-state index in [1.165, 1.54) is 120 Å². The maximum absolute atomic E-state index is 6.81. The number of aromatic nitrogens is 1. The SMILES string of the molecule is CC(C)(C)c1ccc2c(c1)-c1cc(C(C)(C)C)ccc1C2c1cc2c3c(c1)N(c1c(-c4ccccc4)cc(-c4ccccc4)cc1-c1ccccc1)c1cc(-n4c5ccc(C(C)(C)C)cc5c5cc(C(C)(C)C)ccc54)ccc1B3c1ccc3oc4ccccc4c3c1S2. The Bertz CT molecular complexity index is 5260. The van der Waals surface area contributed by atoms with Gasteiger partial charge in [-0.2, -0.15) is 0 Å². The molecule has 3 aliphatic rings. The summed E-state index contributed by atoms with van der Waals surface area (Å²) in [6.07, 6.45) is 0. The van der Waals surface area contributed by atoms with Crippen LogP contribution in [0.25, 0.3) is 93.9 Å². The molecule has 0 saturated carbocycles. The molecule has 2 aliphatic heterocycles. The van der Waals surface area contributed by atoms with Crippen LogP contribution in [0.5, 0.6) is 0 Å². The van der Waals surface area contributed by atoms with Crippen molar-refractivity contribution in [3.05, 3.63) is 282 Å². The second-order valence-corrected chi connectivity index (χ2v) is 31.9. The predicted octanol–water partition coefficient (Wildman–Crippen LogP) is 22.8. The molecule has 0 atom stereocenters. The van der Waals surface area contributed by atoms with Crippen molar-refractivity contribution < 1.29 is 4.42 Å². The van der Waals surface area contributed by atoms with Gasteiger partial charge in [0.15, 0.2) is 0 Å². The number of fused-ring (bicyclic) bond motifs is 14. The van der Waals surface area contributed by atoms with Gasteiger partial charge in [-0.3, -0.25) is 0 Å². The highest BCUT2D eigenvalue weighted by molar-refractivity contribution is 8.00. The van der Waals surface area contributed by atoms with E-state index in [-0.39, 0.29) is 34.3 Å². The molecule has 14 aromatic rings. The number of anilines is 3. The van der Waals surface area contributed by atoms with Crippen LogP contribution < -0.4 is 21.3 Å². The van der Waals surface area contributed by atoms with Crippen molar-refractivity contribution in [2.45, 2.75) is 120 Å².